The molecule has 0 radical (unpaired) electrons. The van der Waals surface area contributed by atoms with Crippen LogP contribution in [-0.2, 0) is 0 Å². The van der Waals surface area contributed by atoms with Crippen molar-refractivity contribution in [3.63, 3.8) is 0 Å². The number of aryl methyl sites for hydroxylation is 3. The summed E-state index contributed by atoms with van der Waals surface area (Å²) in [5, 5.41) is 8.24. The zero-order chi connectivity index (χ0) is 23.1. The molecule has 0 aromatic carbocycles. The minimum Gasteiger partial charge on any atom is -0.355 e. The van der Waals surface area contributed by atoms with Gasteiger partial charge in [-0.05, 0) is 71.2 Å². The fourth-order valence-corrected chi connectivity index (χ4v) is 5.27. The zero-order valence-electron chi connectivity index (χ0n) is 20.0. The van der Waals surface area contributed by atoms with E-state index in [1.54, 1.807) is 0 Å². The number of carbonyl (C=O) groups excluding carboxylic acids is 1. The van der Waals surface area contributed by atoms with Crippen molar-refractivity contribution in [1.29, 1.82) is 0 Å². The van der Waals surface area contributed by atoms with E-state index in [-0.39, 0.29) is 11.9 Å². The quantitative estimate of drug-likeness (QED) is 0.662. The molecule has 2 fully saturated rings. The van der Waals surface area contributed by atoms with Crippen molar-refractivity contribution in [2.45, 2.75) is 58.5 Å². The maximum absolute atomic E-state index is 13.4. The number of carbonyl (C=O) groups is 1. The van der Waals surface area contributed by atoms with Crippen LogP contribution >= 0.6 is 0 Å². The lowest BCUT2D eigenvalue weighted by Gasteiger charge is -2.34. The number of nitrogens with zero attached hydrogens (tertiary/aromatic N) is 6. The number of rotatable bonds is 4. The van der Waals surface area contributed by atoms with Crippen LogP contribution < -0.4 is 10.2 Å². The summed E-state index contributed by atoms with van der Waals surface area (Å²) in [6.07, 6.45) is 6.18. The van der Waals surface area contributed by atoms with E-state index in [0.717, 1.165) is 79.3 Å². The number of likely N-dealkylation sites (N-methyl/N-ethyl adjacent to an activating group) is 1. The molecule has 2 aliphatic heterocycles. The Hall–Kier alpha value is -3.00. The average molecular weight is 448 g/mol. The van der Waals surface area contributed by atoms with Crippen LogP contribution in [0.25, 0.3) is 5.65 Å². The number of aromatic nitrogens is 4. The Balaban J connectivity index is 1.46. The van der Waals surface area contributed by atoms with Gasteiger partial charge in [-0.25, -0.2) is 14.5 Å². The van der Waals surface area contributed by atoms with Gasteiger partial charge in [-0.3, -0.25) is 4.79 Å². The molecule has 5 rings (SSSR count). The predicted octanol–water partition coefficient (Wildman–Crippen LogP) is 3.22. The lowest BCUT2D eigenvalue weighted by atomic mass is 9.98. The smallest absolute Gasteiger partial charge is 0.273 e. The number of anilines is 1. The van der Waals surface area contributed by atoms with Crippen molar-refractivity contribution in [3.8, 4) is 0 Å². The first-order valence-corrected chi connectivity index (χ1v) is 12.0. The fraction of sp³-hybridized carbons (Fsp3) is 0.520. The third kappa shape index (κ3) is 4.19. The van der Waals surface area contributed by atoms with Crippen LogP contribution in [0, 0.1) is 20.8 Å². The molecule has 5 heterocycles. The Labute approximate surface area is 195 Å². The van der Waals surface area contributed by atoms with Gasteiger partial charge in [0.2, 0.25) is 0 Å². The maximum atomic E-state index is 13.4. The molecule has 1 N–H and O–H groups in total. The van der Waals surface area contributed by atoms with Crippen LogP contribution in [0.4, 0.5) is 5.82 Å². The van der Waals surface area contributed by atoms with Gasteiger partial charge < -0.3 is 15.1 Å². The SMILES string of the molecule is CN[C@H]1CCN(c2nc3cc([C@@H]4CCCCN4C(=O)c4cc(C)cc(C)n4)nn3cc2C)C1. The van der Waals surface area contributed by atoms with Crippen LogP contribution in [0.3, 0.4) is 0 Å². The molecule has 33 heavy (non-hydrogen) atoms. The maximum Gasteiger partial charge on any atom is 0.273 e. The van der Waals surface area contributed by atoms with Crippen molar-refractivity contribution in [2.75, 3.05) is 31.6 Å². The second-order valence-corrected chi connectivity index (χ2v) is 9.52. The van der Waals surface area contributed by atoms with E-state index in [9.17, 15) is 4.79 Å². The van der Waals surface area contributed by atoms with Gasteiger partial charge in [-0.2, -0.15) is 5.10 Å². The highest BCUT2D eigenvalue weighted by Gasteiger charge is 2.32. The van der Waals surface area contributed by atoms with Crippen molar-refractivity contribution >= 4 is 17.4 Å². The molecule has 1 amide bonds. The van der Waals surface area contributed by atoms with Crippen molar-refractivity contribution < 1.29 is 4.79 Å². The van der Waals surface area contributed by atoms with Crippen LogP contribution in [-0.4, -0.2) is 63.1 Å². The first kappa shape index (κ1) is 21.8. The summed E-state index contributed by atoms with van der Waals surface area (Å²) in [4.78, 5) is 27.2. The van der Waals surface area contributed by atoms with Crippen LogP contribution in [0.5, 0.6) is 0 Å². The minimum atomic E-state index is -0.0558. The molecule has 8 heteroatoms. The number of hydrogen-bond acceptors (Lipinski definition) is 6. The topological polar surface area (TPSA) is 78.7 Å². The Morgan fingerprint density at radius 3 is 2.67 bits per heavy atom. The van der Waals surface area contributed by atoms with Crippen molar-refractivity contribution in [3.05, 3.63) is 52.6 Å². The van der Waals surface area contributed by atoms with Gasteiger partial charge in [0.25, 0.3) is 5.91 Å². The van der Waals surface area contributed by atoms with E-state index < -0.39 is 0 Å². The summed E-state index contributed by atoms with van der Waals surface area (Å²) >= 11 is 0. The second kappa shape index (κ2) is 8.74. The summed E-state index contributed by atoms with van der Waals surface area (Å²) in [5.74, 6) is 1.02. The molecule has 0 saturated carbocycles. The predicted molar refractivity (Wildman–Crippen MR) is 129 cm³/mol. The normalized spacial score (nSPS) is 21.2. The van der Waals surface area contributed by atoms with Gasteiger partial charge in [-0.1, -0.05) is 0 Å². The van der Waals surface area contributed by atoms with Gasteiger partial charge >= 0.3 is 0 Å². The first-order chi connectivity index (χ1) is 15.9. The summed E-state index contributed by atoms with van der Waals surface area (Å²) in [6, 6.07) is 6.39. The van der Waals surface area contributed by atoms with Crippen LogP contribution in [0.1, 0.15) is 64.7 Å². The molecule has 2 atom stereocenters. The molecule has 0 unspecified atom stereocenters. The van der Waals surface area contributed by atoms with Gasteiger partial charge in [-0.15, -0.1) is 0 Å². The highest BCUT2D eigenvalue weighted by atomic mass is 16.2. The number of hydrogen-bond donors (Lipinski definition) is 1. The standard InChI is InChI=1S/C25H33N7O/c1-16-11-18(3)27-21(12-16)25(33)31-9-6-5-7-22(31)20-13-23-28-24(17(2)14-32(23)29-20)30-10-8-19(15-30)26-4/h11-14,19,22,26H,5-10,15H2,1-4H3/t19-,22-/m0/s1. The van der Waals surface area contributed by atoms with E-state index in [1.807, 2.05) is 42.4 Å². The largest absolute Gasteiger partial charge is 0.355 e. The van der Waals surface area contributed by atoms with Gasteiger partial charge in [0, 0.05) is 49.2 Å². The molecule has 174 valence electrons. The Morgan fingerprint density at radius 1 is 1.06 bits per heavy atom. The molecular weight excluding hydrogens is 414 g/mol. The number of piperidine rings is 1. The molecular formula is C25H33N7O. The highest BCUT2D eigenvalue weighted by Crippen LogP contribution is 2.32. The second-order valence-electron chi connectivity index (χ2n) is 9.52. The molecule has 0 spiro atoms. The highest BCUT2D eigenvalue weighted by molar-refractivity contribution is 5.93. The van der Waals surface area contributed by atoms with E-state index in [2.05, 4.69) is 34.4 Å². The molecule has 2 aliphatic rings. The van der Waals surface area contributed by atoms with E-state index in [0.29, 0.717) is 11.7 Å². The first-order valence-electron chi connectivity index (χ1n) is 12.0. The Kier molecular flexibility index (Phi) is 5.78. The molecule has 2 saturated heterocycles. The van der Waals surface area contributed by atoms with E-state index in [1.165, 1.54) is 0 Å². The van der Waals surface area contributed by atoms with Gasteiger partial charge in [0.05, 0.1) is 11.7 Å². The van der Waals surface area contributed by atoms with Gasteiger partial charge in [0.1, 0.15) is 11.5 Å². The molecule has 0 bridgehead atoms. The average Bonchev–Trinajstić information content (AvgIpc) is 3.44. The minimum absolute atomic E-state index is 0.0106. The van der Waals surface area contributed by atoms with Crippen molar-refractivity contribution in [2.24, 2.45) is 0 Å². The van der Waals surface area contributed by atoms with Crippen molar-refractivity contribution in [1.82, 2.24) is 29.8 Å². The molecule has 3 aromatic heterocycles. The summed E-state index contributed by atoms with van der Waals surface area (Å²) in [6.45, 7) is 8.73. The third-order valence-corrected chi connectivity index (χ3v) is 6.94. The molecule has 0 aliphatic carbocycles. The van der Waals surface area contributed by atoms with E-state index in [4.69, 9.17) is 10.1 Å². The lowest BCUT2D eigenvalue weighted by molar-refractivity contribution is 0.0599. The van der Waals surface area contributed by atoms with Crippen LogP contribution in [0.2, 0.25) is 0 Å². The summed E-state index contributed by atoms with van der Waals surface area (Å²) in [7, 11) is 2.02. The number of nitrogens with one attached hydrogen (secondary N) is 1. The summed E-state index contributed by atoms with van der Waals surface area (Å²) in [5.41, 5.74) is 5.31. The molecule has 3 aromatic rings. The monoisotopic (exact) mass is 447 g/mol. The van der Waals surface area contributed by atoms with Crippen LogP contribution in [0.15, 0.2) is 24.4 Å². The number of likely N-dealkylation sites (tertiary alicyclic amines) is 1. The lowest BCUT2D eigenvalue weighted by Crippen LogP contribution is -2.39. The number of amides is 1. The molecule has 8 nitrogen and oxygen atoms in total. The fourth-order valence-electron chi connectivity index (χ4n) is 5.27. The Bertz CT molecular complexity index is 1170. The Morgan fingerprint density at radius 2 is 1.91 bits per heavy atom. The number of fused-ring (bicyclic) bond motifs is 1. The van der Waals surface area contributed by atoms with E-state index >= 15 is 0 Å². The summed E-state index contributed by atoms with van der Waals surface area (Å²) < 4.78 is 1.87. The van der Waals surface area contributed by atoms with Gasteiger partial charge in [0.15, 0.2) is 5.65 Å². The number of pyridine rings is 1. The zero-order valence-corrected chi connectivity index (χ0v) is 20.0. The third-order valence-electron chi connectivity index (χ3n) is 6.94.